The number of nitrogens with zero attached hydrogens (tertiary/aromatic N) is 1. The third-order valence-corrected chi connectivity index (χ3v) is 8.01. The number of carbonyl (C=O) groups is 1. The average Bonchev–Trinajstić information content (AvgIpc) is 3.01. The van der Waals surface area contributed by atoms with Crippen molar-refractivity contribution in [3.05, 3.63) is 91.5 Å². The van der Waals surface area contributed by atoms with Gasteiger partial charge in [0.2, 0.25) is 5.91 Å². The molecule has 1 heterocycles. The zero-order chi connectivity index (χ0) is 23.2. The van der Waals surface area contributed by atoms with Crippen molar-refractivity contribution in [1.29, 1.82) is 0 Å². The smallest absolute Gasteiger partial charge is 0.307 e. The molecular weight excluding hydrogens is 428 g/mol. The van der Waals surface area contributed by atoms with Crippen molar-refractivity contribution in [2.45, 2.75) is 71.4 Å². The lowest BCUT2D eigenvalue weighted by atomic mass is 9.80. The zero-order valence-corrected chi connectivity index (χ0v) is 20.5. The Balaban J connectivity index is 1.54. The lowest BCUT2D eigenvalue weighted by Gasteiger charge is -2.26. The Kier molecular flexibility index (Phi) is 7.81. The first-order valence-corrected chi connectivity index (χ1v) is 12.9. The molecule has 0 spiro atoms. The van der Waals surface area contributed by atoms with Gasteiger partial charge >= 0.3 is 4.87 Å². The normalized spacial score (nSPS) is 15.7. The van der Waals surface area contributed by atoms with Crippen LogP contribution in [0.15, 0.2) is 59.4 Å². The van der Waals surface area contributed by atoms with Crippen molar-refractivity contribution < 1.29 is 4.79 Å². The first kappa shape index (κ1) is 23.5. The van der Waals surface area contributed by atoms with Gasteiger partial charge in [0.1, 0.15) is 0 Å². The fraction of sp³-hybridized carbons (Fsp3) is 0.429. The molecule has 1 atom stereocenters. The van der Waals surface area contributed by atoms with Crippen LogP contribution >= 0.6 is 11.3 Å². The number of rotatable bonds is 7. The third kappa shape index (κ3) is 5.83. The maximum Gasteiger partial charge on any atom is 0.307 e. The van der Waals surface area contributed by atoms with E-state index in [-0.39, 0.29) is 16.7 Å². The number of thiazole rings is 1. The molecule has 1 aliphatic carbocycles. The molecule has 1 fully saturated rings. The molecule has 2 aromatic carbocycles. The van der Waals surface area contributed by atoms with Crippen molar-refractivity contribution in [1.82, 2.24) is 9.88 Å². The van der Waals surface area contributed by atoms with E-state index in [4.69, 9.17) is 0 Å². The lowest BCUT2D eigenvalue weighted by Crippen LogP contribution is -2.33. The van der Waals surface area contributed by atoms with Crippen LogP contribution in [-0.4, -0.2) is 10.5 Å². The molecule has 1 aromatic heterocycles. The van der Waals surface area contributed by atoms with E-state index < -0.39 is 0 Å². The molecule has 1 unspecified atom stereocenters. The summed E-state index contributed by atoms with van der Waals surface area (Å²) in [6.45, 7) is 5.12. The van der Waals surface area contributed by atoms with Gasteiger partial charge in [0.15, 0.2) is 0 Å². The quantitative estimate of drug-likeness (QED) is 0.442. The first-order chi connectivity index (χ1) is 16.0. The molecule has 1 N–H and O–H groups in total. The van der Waals surface area contributed by atoms with Crippen molar-refractivity contribution in [3.8, 4) is 0 Å². The minimum absolute atomic E-state index is 0.0886. The van der Waals surface area contributed by atoms with Crippen LogP contribution in [0.2, 0.25) is 0 Å². The molecule has 0 aliphatic heterocycles. The van der Waals surface area contributed by atoms with Crippen LogP contribution in [0.3, 0.4) is 0 Å². The van der Waals surface area contributed by atoms with Crippen molar-refractivity contribution in [2.24, 2.45) is 5.92 Å². The van der Waals surface area contributed by atoms with Gasteiger partial charge in [-0.05, 0) is 49.3 Å². The molecule has 5 heteroatoms. The minimum atomic E-state index is -0.131. The van der Waals surface area contributed by atoms with E-state index in [1.165, 1.54) is 37.0 Å². The number of nitrogens with one attached hydrogen (secondary N) is 1. The van der Waals surface area contributed by atoms with Crippen molar-refractivity contribution in [3.63, 3.8) is 0 Å². The molecule has 4 nitrogen and oxygen atoms in total. The van der Waals surface area contributed by atoms with E-state index in [0.717, 1.165) is 40.1 Å². The minimum Gasteiger partial charge on any atom is -0.351 e. The summed E-state index contributed by atoms with van der Waals surface area (Å²) in [5, 5.41) is 3.20. The SMILES string of the molecule is Cc1sc(=O)n(Cc2ccc(C(C(=O)NCc3ccccc3)C3CCCCCC3)cc2)c1C. The van der Waals surface area contributed by atoms with Crippen LogP contribution in [-0.2, 0) is 17.9 Å². The van der Waals surface area contributed by atoms with Gasteiger partial charge in [-0.25, -0.2) is 0 Å². The molecular formula is C28H34N2O2S. The Morgan fingerprint density at radius 1 is 0.970 bits per heavy atom. The fourth-order valence-corrected chi connectivity index (χ4v) is 5.79. The number of carbonyl (C=O) groups excluding carboxylic acids is 1. The summed E-state index contributed by atoms with van der Waals surface area (Å²) < 4.78 is 1.84. The molecule has 0 radical (unpaired) electrons. The predicted octanol–water partition coefficient (Wildman–Crippen LogP) is 5.95. The second-order valence-corrected chi connectivity index (χ2v) is 10.4. The highest BCUT2D eigenvalue weighted by Gasteiger charge is 2.30. The highest BCUT2D eigenvalue weighted by atomic mass is 32.1. The molecule has 0 saturated heterocycles. The van der Waals surface area contributed by atoms with E-state index in [1.54, 1.807) is 0 Å². The van der Waals surface area contributed by atoms with Crippen LogP contribution in [0.5, 0.6) is 0 Å². The number of amides is 1. The van der Waals surface area contributed by atoms with Crippen LogP contribution in [0, 0.1) is 19.8 Å². The summed E-state index contributed by atoms with van der Waals surface area (Å²) >= 11 is 1.31. The summed E-state index contributed by atoms with van der Waals surface area (Å²) in [5.74, 6) is 0.367. The largest absolute Gasteiger partial charge is 0.351 e. The average molecular weight is 463 g/mol. The second kappa shape index (κ2) is 11.0. The number of hydrogen-bond donors (Lipinski definition) is 1. The topological polar surface area (TPSA) is 51.1 Å². The van der Waals surface area contributed by atoms with Crippen LogP contribution in [0.25, 0.3) is 0 Å². The second-order valence-electron chi connectivity index (χ2n) is 9.27. The Hall–Kier alpha value is -2.66. The number of aryl methyl sites for hydroxylation is 1. The number of benzene rings is 2. The molecule has 1 saturated carbocycles. The molecule has 3 aromatic rings. The first-order valence-electron chi connectivity index (χ1n) is 12.1. The predicted molar refractivity (Wildman–Crippen MR) is 136 cm³/mol. The van der Waals surface area contributed by atoms with Gasteiger partial charge < -0.3 is 5.32 Å². The maximum absolute atomic E-state index is 13.4. The summed E-state index contributed by atoms with van der Waals surface area (Å²) in [5.41, 5.74) is 4.33. The molecule has 4 rings (SSSR count). The monoisotopic (exact) mass is 462 g/mol. The summed E-state index contributed by atoms with van der Waals surface area (Å²) in [6.07, 6.45) is 7.14. The Labute approximate surface area is 200 Å². The molecule has 0 bridgehead atoms. The van der Waals surface area contributed by atoms with Crippen molar-refractivity contribution >= 4 is 17.2 Å². The summed E-state index contributed by atoms with van der Waals surface area (Å²) in [7, 11) is 0. The molecule has 174 valence electrons. The Bertz CT molecular complexity index is 1110. The number of aromatic nitrogens is 1. The number of hydrogen-bond acceptors (Lipinski definition) is 3. The Morgan fingerprint density at radius 2 is 1.64 bits per heavy atom. The Morgan fingerprint density at radius 3 is 2.24 bits per heavy atom. The lowest BCUT2D eigenvalue weighted by molar-refractivity contribution is -0.124. The standard InChI is InChI=1S/C28H34N2O2S/c1-20-21(2)33-28(32)30(20)19-23-14-16-25(17-15-23)26(24-12-8-3-4-9-13-24)27(31)29-18-22-10-6-5-7-11-22/h5-7,10-11,14-17,24,26H,3-4,8-9,12-13,18-19H2,1-2H3,(H,29,31). The van der Waals surface area contributed by atoms with Gasteiger partial charge in [-0.15, -0.1) is 0 Å². The summed E-state index contributed by atoms with van der Waals surface area (Å²) in [4.78, 5) is 26.9. The van der Waals surface area contributed by atoms with Crippen molar-refractivity contribution in [2.75, 3.05) is 0 Å². The van der Waals surface area contributed by atoms with Crippen LogP contribution in [0.4, 0.5) is 0 Å². The molecule has 1 amide bonds. The van der Waals surface area contributed by atoms with E-state index in [0.29, 0.717) is 19.0 Å². The van der Waals surface area contributed by atoms with E-state index in [9.17, 15) is 9.59 Å². The van der Waals surface area contributed by atoms with E-state index >= 15 is 0 Å². The van der Waals surface area contributed by atoms with E-state index in [2.05, 4.69) is 29.6 Å². The van der Waals surface area contributed by atoms with Gasteiger partial charge in [0, 0.05) is 17.1 Å². The van der Waals surface area contributed by atoms with Gasteiger partial charge in [-0.3, -0.25) is 14.2 Å². The maximum atomic E-state index is 13.4. The zero-order valence-electron chi connectivity index (χ0n) is 19.7. The van der Waals surface area contributed by atoms with Crippen LogP contribution in [0.1, 0.15) is 71.7 Å². The fourth-order valence-electron chi connectivity index (χ4n) is 4.96. The highest BCUT2D eigenvalue weighted by Crippen LogP contribution is 2.35. The van der Waals surface area contributed by atoms with E-state index in [1.807, 2.05) is 48.7 Å². The van der Waals surface area contributed by atoms with Gasteiger partial charge in [0.05, 0.1) is 12.5 Å². The van der Waals surface area contributed by atoms with Gasteiger partial charge in [-0.1, -0.05) is 91.6 Å². The molecule has 1 aliphatic rings. The van der Waals surface area contributed by atoms with Gasteiger partial charge in [-0.2, -0.15) is 0 Å². The summed E-state index contributed by atoms with van der Waals surface area (Å²) in [6, 6.07) is 18.5. The molecule has 33 heavy (non-hydrogen) atoms. The van der Waals surface area contributed by atoms with Crippen LogP contribution < -0.4 is 10.2 Å². The van der Waals surface area contributed by atoms with Gasteiger partial charge in [0.25, 0.3) is 0 Å². The highest BCUT2D eigenvalue weighted by molar-refractivity contribution is 7.09. The third-order valence-electron chi connectivity index (χ3n) is 7.02.